The molecule has 0 saturated heterocycles. The number of anilines is 1. The van der Waals surface area contributed by atoms with E-state index in [9.17, 15) is 14.4 Å². The van der Waals surface area contributed by atoms with Crippen molar-refractivity contribution in [3.8, 4) is 17.2 Å². The standard InChI is InChI=1S/C28H28ClN3O6/c1-4-15-37-21-12-10-20(11-13-21)28(35)38-24-14-9-19(16-25(24)36-5-2)17-30-32-27(34)26(33)31-23-8-6-7-22(29)18(23)3/h6-14,16-17H,4-5,15H2,1-3H3,(H,31,33)(H,32,34)/b30-17+. The second-order valence-electron chi connectivity index (χ2n) is 7.97. The second kappa shape index (κ2) is 13.8. The van der Waals surface area contributed by atoms with Crippen molar-refractivity contribution in [3.05, 3.63) is 82.4 Å². The van der Waals surface area contributed by atoms with E-state index in [0.717, 1.165) is 6.42 Å². The van der Waals surface area contributed by atoms with E-state index in [2.05, 4.69) is 15.8 Å². The van der Waals surface area contributed by atoms with Crippen LogP contribution < -0.4 is 25.0 Å². The Morgan fingerprint density at radius 3 is 2.42 bits per heavy atom. The molecule has 0 heterocycles. The summed E-state index contributed by atoms with van der Waals surface area (Å²) in [5, 5.41) is 6.79. The third-order valence-electron chi connectivity index (χ3n) is 5.13. The van der Waals surface area contributed by atoms with Crippen LogP contribution in [0.15, 0.2) is 65.8 Å². The molecular weight excluding hydrogens is 510 g/mol. The van der Waals surface area contributed by atoms with Gasteiger partial charge in [0.05, 0.1) is 25.0 Å². The molecule has 3 aromatic carbocycles. The van der Waals surface area contributed by atoms with Crippen LogP contribution >= 0.6 is 11.6 Å². The highest BCUT2D eigenvalue weighted by Gasteiger charge is 2.16. The summed E-state index contributed by atoms with van der Waals surface area (Å²) in [6.07, 6.45) is 2.22. The molecule has 0 spiro atoms. The van der Waals surface area contributed by atoms with Crippen molar-refractivity contribution >= 4 is 41.3 Å². The zero-order valence-corrected chi connectivity index (χ0v) is 22.0. The summed E-state index contributed by atoms with van der Waals surface area (Å²) in [6, 6.07) is 16.4. The highest BCUT2D eigenvalue weighted by atomic mass is 35.5. The highest BCUT2D eigenvalue weighted by molar-refractivity contribution is 6.40. The molecule has 0 aliphatic rings. The van der Waals surface area contributed by atoms with Crippen LogP contribution in [0.5, 0.6) is 17.2 Å². The fraction of sp³-hybridized carbons (Fsp3) is 0.214. The van der Waals surface area contributed by atoms with E-state index >= 15 is 0 Å². The lowest BCUT2D eigenvalue weighted by Gasteiger charge is -2.12. The van der Waals surface area contributed by atoms with Gasteiger partial charge in [-0.3, -0.25) is 9.59 Å². The van der Waals surface area contributed by atoms with Gasteiger partial charge >= 0.3 is 17.8 Å². The molecule has 0 aliphatic heterocycles. The minimum Gasteiger partial charge on any atom is -0.494 e. The molecule has 2 N–H and O–H groups in total. The summed E-state index contributed by atoms with van der Waals surface area (Å²) < 4.78 is 16.7. The third kappa shape index (κ3) is 7.81. The van der Waals surface area contributed by atoms with Gasteiger partial charge in [0.1, 0.15) is 5.75 Å². The fourth-order valence-corrected chi connectivity index (χ4v) is 3.34. The van der Waals surface area contributed by atoms with Gasteiger partial charge < -0.3 is 19.5 Å². The van der Waals surface area contributed by atoms with Crippen LogP contribution in [0.2, 0.25) is 5.02 Å². The number of halogens is 1. The first-order chi connectivity index (χ1) is 18.3. The number of rotatable bonds is 10. The molecule has 2 amide bonds. The quantitative estimate of drug-likeness (QED) is 0.122. The number of nitrogens with one attached hydrogen (secondary N) is 2. The van der Waals surface area contributed by atoms with Gasteiger partial charge in [0.25, 0.3) is 0 Å². The minimum absolute atomic E-state index is 0.223. The summed E-state index contributed by atoms with van der Waals surface area (Å²) in [6.45, 7) is 6.45. The zero-order chi connectivity index (χ0) is 27.5. The molecule has 9 nitrogen and oxygen atoms in total. The molecule has 0 aromatic heterocycles. The Hall–Kier alpha value is -4.37. The fourth-order valence-electron chi connectivity index (χ4n) is 3.16. The van der Waals surface area contributed by atoms with E-state index in [0.29, 0.717) is 52.1 Å². The highest BCUT2D eigenvalue weighted by Crippen LogP contribution is 2.29. The maximum Gasteiger partial charge on any atom is 0.343 e. The van der Waals surface area contributed by atoms with Gasteiger partial charge in [-0.05, 0) is 86.0 Å². The lowest BCUT2D eigenvalue weighted by molar-refractivity contribution is -0.136. The van der Waals surface area contributed by atoms with Crippen LogP contribution in [0, 0.1) is 6.92 Å². The van der Waals surface area contributed by atoms with E-state index in [1.54, 1.807) is 74.5 Å². The number of ether oxygens (including phenoxy) is 3. The van der Waals surface area contributed by atoms with Crippen LogP contribution in [0.3, 0.4) is 0 Å². The van der Waals surface area contributed by atoms with Crippen molar-refractivity contribution in [2.75, 3.05) is 18.5 Å². The average molecular weight is 538 g/mol. The molecule has 0 unspecified atom stereocenters. The molecule has 0 saturated carbocycles. The topological polar surface area (TPSA) is 115 Å². The van der Waals surface area contributed by atoms with Gasteiger partial charge in [-0.1, -0.05) is 24.6 Å². The number of hydrogen-bond acceptors (Lipinski definition) is 7. The Kier molecular flexibility index (Phi) is 10.2. The normalized spacial score (nSPS) is 10.6. The predicted molar refractivity (Wildman–Crippen MR) is 145 cm³/mol. The van der Waals surface area contributed by atoms with Crippen LogP contribution in [0.1, 0.15) is 41.8 Å². The van der Waals surface area contributed by atoms with Crippen molar-refractivity contribution in [3.63, 3.8) is 0 Å². The monoisotopic (exact) mass is 537 g/mol. The Labute approximate surface area is 225 Å². The Bertz CT molecular complexity index is 1320. The molecule has 0 atom stereocenters. The summed E-state index contributed by atoms with van der Waals surface area (Å²) in [4.78, 5) is 36.9. The van der Waals surface area contributed by atoms with Crippen molar-refractivity contribution in [2.24, 2.45) is 5.10 Å². The summed E-state index contributed by atoms with van der Waals surface area (Å²) >= 11 is 6.04. The first-order valence-electron chi connectivity index (χ1n) is 11.9. The van der Waals surface area contributed by atoms with E-state index < -0.39 is 17.8 Å². The molecular formula is C28H28ClN3O6. The maximum absolute atomic E-state index is 12.6. The average Bonchev–Trinajstić information content (AvgIpc) is 2.91. The van der Waals surface area contributed by atoms with Gasteiger partial charge in [0, 0.05) is 10.7 Å². The van der Waals surface area contributed by atoms with Crippen molar-refractivity contribution in [1.82, 2.24) is 5.43 Å². The molecule has 38 heavy (non-hydrogen) atoms. The van der Waals surface area contributed by atoms with Crippen LogP contribution in [-0.4, -0.2) is 37.2 Å². The lowest BCUT2D eigenvalue weighted by Crippen LogP contribution is -2.32. The van der Waals surface area contributed by atoms with E-state index in [-0.39, 0.29) is 5.75 Å². The first kappa shape index (κ1) is 28.2. The summed E-state index contributed by atoms with van der Waals surface area (Å²) in [5.41, 5.74) is 4.13. The van der Waals surface area contributed by atoms with Crippen LogP contribution in [0.25, 0.3) is 0 Å². The molecule has 0 radical (unpaired) electrons. The van der Waals surface area contributed by atoms with Crippen molar-refractivity contribution in [2.45, 2.75) is 27.2 Å². The van der Waals surface area contributed by atoms with E-state index in [4.69, 9.17) is 25.8 Å². The Morgan fingerprint density at radius 2 is 1.71 bits per heavy atom. The van der Waals surface area contributed by atoms with Crippen LogP contribution in [-0.2, 0) is 9.59 Å². The predicted octanol–water partition coefficient (Wildman–Crippen LogP) is 5.14. The number of carbonyl (C=O) groups is 3. The second-order valence-corrected chi connectivity index (χ2v) is 8.37. The lowest BCUT2D eigenvalue weighted by atomic mass is 10.2. The smallest absolute Gasteiger partial charge is 0.343 e. The van der Waals surface area contributed by atoms with Crippen molar-refractivity contribution in [1.29, 1.82) is 0 Å². The van der Waals surface area contributed by atoms with Gasteiger partial charge in [-0.2, -0.15) is 5.10 Å². The molecule has 0 fully saturated rings. The Balaban J connectivity index is 1.62. The molecule has 3 rings (SSSR count). The Morgan fingerprint density at radius 1 is 0.947 bits per heavy atom. The largest absolute Gasteiger partial charge is 0.494 e. The van der Waals surface area contributed by atoms with Crippen molar-refractivity contribution < 1.29 is 28.6 Å². The van der Waals surface area contributed by atoms with Gasteiger partial charge in [-0.15, -0.1) is 0 Å². The number of carbonyl (C=O) groups excluding carboxylic acids is 3. The zero-order valence-electron chi connectivity index (χ0n) is 21.2. The van der Waals surface area contributed by atoms with Crippen LogP contribution in [0.4, 0.5) is 5.69 Å². The summed E-state index contributed by atoms with van der Waals surface area (Å²) in [5.74, 6) is -1.19. The third-order valence-corrected chi connectivity index (χ3v) is 5.54. The van der Waals surface area contributed by atoms with Gasteiger partial charge in [-0.25, -0.2) is 10.2 Å². The molecule has 10 heteroatoms. The summed E-state index contributed by atoms with van der Waals surface area (Å²) in [7, 11) is 0. The molecule has 3 aromatic rings. The number of nitrogens with zero attached hydrogens (tertiary/aromatic N) is 1. The van der Waals surface area contributed by atoms with E-state index in [1.807, 2.05) is 6.92 Å². The molecule has 0 bridgehead atoms. The number of hydrogen-bond donors (Lipinski definition) is 2. The van der Waals surface area contributed by atoms with E-state index in [1.165, 1.54) is 6.21 Å². The van der Waals surface area contributed by atoms with Gasteiger partial charge in [0.15, 0.2) is 11.5 Å². The number of benzene rings is 3. The molecule has 0 aliphatic carbocycles. The number of amides is 2. The maximum atomic E-state index is 12.6. The number of esters is 1. The minimum atomic E-state index is -0.956. The number of hydrazone groups is 1. The SMILES string of the molecule is CCCOc1ccc(C(=O)Oc2ccc(/C=N/NC(=O)C(=O)Nc3cccc(Cl)c3C)cc2OCC)cc1. The first-order valence-corrected chi connectivity index (χ1v) is 12.3. The van der Waals surface area contributed by atoms with Gasteiger partial charge in [0.2, 0.25) is 0 Å². The molecule has 198 valence electrons.